The number of ether oxygens (including phenoxy) is 2. The van der Waals surface area contributed by atoms with Crippen LogP contribution in [0.3, 0.4) is 0 Å². The van der Waals surface area contributed by atoms with Crippen LogP contribution in [0.15, 0.2) is 41.0 Å². The molecule has 0 fully saturated rings. The quantitative estimate of drug-likeness (QED) is 0.875. The molecule has 23 heavy (non-hydrogen) atoms. The summed E-state index contributed by atoms with van der Waals surface area (Å²) in [7, 11) is 0. The number of fused-ring (bicyclic) bond motifs is 1. The molecule has 1 aliphatic heterocycles. The number of carbonyl (C=O) groups excluding carboxylic acids is 2. The molecule has 0 saturated heterocycles. The molecule has 2 amide bonds. The summed E-state index contributed by atoms with van der Waals surface area (Å²) in [6, 6.07) is 8.12. The van der Waals surface area contributed by atoms with Gasteiger partial charge >= 0.3 is 0 Å². The molecule has 2 heterocycles. The van der Waals surface area contributed by atoms with Crippen molar-refractivity contribution in [1.29, 1.82) is 0 Å². The van der Waals surface area contributed by atoms with E-state index in [1.54, 1.807) is 43.5 Å². The van der Waals surface area contributed by atoms with Crippen molar-refractivity contribution >= 4 is 11.8 Å². The van der Waals surface area contributed by atoms with Gasteiger partial charge in [-0.1, -0.05) is 0 Å². The van der Waals surface area contributed by atoms with Gasteiger partial charge in [0.05, 0.1) is 18.8 Å². The SMILES string of the molecule is C[C@@H](NC(=O)CNC(=O)c1ccc2c(c1)OCO2)c1ccco1. The fraction of sp³-hybridized carbons (Fsp3) is 0.250. The van der Waals surface area contributed by atoms with Crippen molar-refractivity contribution in [3.8, 4) is 11.5 Å². The van der Waals surface area contributed by atoms with Crippen LogP contribution in [0.4, 0.5) is 0 Å². The average molecular weight is 316 g/mol. The Bertz CT molecular complexity index is 711. The molecule has 1 atom stereocenters. The van der Waals surface area contributed by atoms with E-state index in [1.165, 1.54) is 0 Å². The maximum atomic E-state index is 12.1. The number of hydrogen-bond donors (Lipinski definition) is 2. The van der Waals surface area contributed by atoms with Gasteiger partial charge < -0.3 is 24.5 Å². The van der Waals surface area contributed by atoms with Gasteiger partial charge in [0.15, 0.2) is 11.5 Å². The highest BCUT2D eigenvalue weighted by atomic mass is 16.7. The third-order valence-corrected chi connectivity index (χ3v) is 3.39. The predicted molar refractivity (Wildman–Crippen MR) is 80.2 cm³/mol. The lowest BCUT2D eigenvalue weighted by Crippen LogP contribution is -2.37. The molecule has 0 spiro atoms. The highest BCUT2D eigenvalue weighted by molar-refractivity contribution is 5.97. The fourth-order valence-corrected chi connectivity index (χ4v) is 2.20. The van der Waals surface area contributed by atoms with Crippen LogP contribution < -0.4 is 20.1 Å². The van der Waals surface area contributed by atoms with E-state index in [2.05, 4.69) is 10.6 Å². The minimum atomic E-state index is -0.357. The summed E-state index contributed by atoms with van der Waals surface area (Å²) in [6.45, 7) is 1.82. The number of amides is 2. The third-order valence-electron chi connectivity index (χ3n) is 3.39. The lowest BCUT2D eigenvalue weighted by atomic mass is 10.2. The van der Waals surface area contributed by atoms with Gasteiger partial charge in [-0.3, -0.25) is 9.59 Å². The smallest absolute Gasteiger partial charge is 0.251 e. The first kappa shape index (κ1) is 15.0. The van der Waals surface area contributed by atoms with Crippen molar-refractivity contribution in [3.63, 3.8) is 0 Å². The minimum Gasteiger partial charge on any atom is -0.467 e. The van der Waals surface area contributed by atoms with Crippen molar-refractivity contribution < 1.29 is 23.5 Å². The normalized spacial score (nSPS) is 13.4. The zero-order valence-corrected chi connectivity index (χ0v) is 12.5. The summed E-state index contributed by atoms with van der Waals surface area (Å²) in [6.07, 6.45) is 1.54. The molecule has 1 aliphatic rings. The Morgan fingerprint density at radius 1 is 1.22 bits per heavy atom. The molecule has 7 heteroatoms. The second-order valence-electron chi connectivity index (χ2n) is 5.06. The maximum Gasteiger partial charge on any atom is 0.251 e. The van der Waals surface area contributed by atoms with E-state index in [9.17, 15) is 9.59 Å². The summed E-state index contributed by atoms with van der Waals surface area (Å²) >= 11 is 0. The van der Waals surface area contributed by atoms with Crippen molar-refractivity contribution in [2.24, 2.45) is 0 Å². The van der Waals surface area contributed by atoms with E-state index in [4.69, 9.17) is 13.9 Å². The van der Waals surface area contributed by atoms with Crippen LogP contribution in [0.5, 0.6) is 11.5 Å². The molecule has 2 aromatic rings. The van der Waals surface area contributed by atoms with Gasteiger partial charge in [0.2, 0.25) is 12.7 Å². The molecule has 0 bridgehead atoms. The highest BCUT2D eigenvalue weighted by Crippen LogP contribution is 2.32. The summed E-state index contributed by atoms with van der Waals surface area (Å²) in [4.78, 5) is 23.9. The van der Waals surface area contributed by atoms with Crippen LogP contribution in [-0.4, -0.2) is 25.2 Å². The molecule has 0 unspecified atom stereocenters. The maximum absolute atomic E-state index is 12.1. The van der Waals surface area contributed by atoms with E-state index in [1.807, 2.05) is 0 Å². The molecule has 3 rings (SSSR count). The third kappa shape index (κ3) is 3.45. The van der Waals surface area contributed by atoms with Gasteiger partial charge in [-0.2, -0.15) is 0 Å². The molecular formula is C16H16N2O5. The number of carbonyl (C=O) groups is 2. The number of furan rings is 1. The van der Waals surface area contributed by atoms with Crippen molar-refractivity contribution in [2.75, 3.05) is 13.3 Å². The zero-order valence-electron chi connectivity index (χ0n) is 12.5. The Kier molecular flexibility index (Phi) is 4.18. The number of hydrogen-bond acceptors (Lipinski definition) is 5. The Hall–Kier alpha value is -2.96. The molecule has 0 saturated carbocycles. The van der Waals surface area contributed by atoms with Crippen LogP contribution >= 0.6 is 0 Å². The van der Waals surface area contributed by atoms with Crippen LogP contribution in [-0.2, 0) is 4.79 Å². The van der Waals surface area contributed by atoms with Crippen LogP contribution in [0, 0.1) is 0 Å². The predicted octanol–water partition coefficient (Wildman–Crippen LogP) is 1.62. The van der Waals surface area contributed by atoms with E-state index in [-0.39, 0.29) is 31.2 Å². The summed E-state index contributed by atoms with van der Waals surface area (Å²) < 4.78 is 15.6. The Morgan fingerprint density at radius 3 is 2.83 bits per heavy atom. The largest absolute Gasteiger partial charge is 0.467 e. The van der Waals surface area contributed by atoms with Gasteiger partial charge in [0.1, 0.15) is 5.76 Å². The van der Waals surface area contributed by atoms with Gasteiger partial charge in [0, 0.05) is 5.56 Å². The molecule has 120 valence electrons. The highest BCUT2D eigenvalue weighted by Gasteiger charge is 2.17. The fourth-order valence-electron chi connectivity index (χ4n) is 2.20. The topological polar surface area (TPSA) is 89.8 Å². The van der Waals surface area contributed by atoms with E-state index in [0.29, 0.717) is 22.8 Å². The molecule has 7 nitrogen and oxygen atoms in total. The van der Waals surface area contributed by atoms with Gasteiger partial charge in [-0.25, -0.2) is 0 Å². The first-order valence-electron chi connectivity index (χ1n) is 7.14. The van der Waals surface area contributed by atoms with Crippen LogP contribution in [0.2, 0.25) is 0 Å². The number of rotatable bonds is 5. The Morgan fingerprint density at radius 2 is 2.04 bits per heavy atom. The Balaban J connectivity index is 1.51. The van der Waals surface area contributed by atoms with Gasteiger partial charge in [0.25, 0.3) is 5.91 Å². The second kappa shape index (κ2) is 6.43. The second-order valence-corrected chi connectivity index (χ2v) is 5.06. The van der Waals surface area contributed by atoms with Crippen molar-refractivity contribution in [2.45, 2.75) is 13.0 Å². The molecule has 0 aliphatic carbocycles. The average Bonchev–Trinajstić information content (AvgIpc) is 3.22. The molecule has 0 radical (unpaired) electrons. The summed E-state index contributed by atoms with van der Waals surface area (Å²) in [5.41, 5.74) is 0.404. The number of nitrogens with one attached hydrogen (secondary N) is 2. The first-order chi connectivity index (χ1) is 11.1. The molecule has 1 aromatic carbocycles. The number of benzene rings is 1. The minimum absolute atomic E-state index is 0.127. The molecule has 2 N–H and O–H groups in total. The van der Waals surface area contributed by atoms with Gasteiger partial charge in [-0.15, -0.1) is 0 Å². The first-order valence-corrected chi connectivity index (χ1v) is 7.14. The summed E-state index contributed by atoms with van der Waals surface area (Å²) in [5, 5.41) is 5.30. The lowest BCUT2D eigenvalue weighted by Gasteiger charge is -2.12. The van der Waals surface area contributed by atoms with E-state index >= 15 is 0 Å². The molecular weight excluding hydrogens is 300 g/mol. The summed E-state index contributed by atoms with van der Waals surface area (Å²) in [5.74, 6) is 1.12. The molecule has 1 aromatic heterocycles. The van der Waals surface area contributed by atoms with E-state index < -0.39 is 0 Å². The van der Waals surface area contributed by atoms with Crippen molar-refractivity contribution in [1.82, 2.24) is 10.6 Å². The standard InChI is InChI=1S/C16H16N2O5/c1-10(12-3-2-6-21-12)18-15(19)8-17-16(20)11-4-5-13-14(7-11)23-9-22-13/h2-7,10H,8-9H2,1H3,(H,17,20)(H,18,19)/t10-/m1/s1. The van der Waals surface area contributed by atoms with Gasteiger partial charge in [-0.05, 0) is 37.3 Å². The Labute approximate surface area is 132 Å². The van der Waals surface area contributed by atoms with E-state index in [0.717, 1.165) is 0 Å². The van der Waals surface area contributed by atoms with Crippen LogP contribution in [0.25, 0.3) is 0 Å². The zero-order chi connectivity index (χ0) is 16.2. The van der Waals surface area contributed by atoms with Crippen molar-refractivity contribution in [3.05, 3.63) is 47.9 Å². The monoisotopic (exact) mass is 316 g/mol. The lowest BCUT2D eigenvalue weighted by molar-refractivity contribution is -0.120. The van der Waals surface area contributed by atoms with Crippen LogP contribution in [0.1, 0.15) is 29.1 Å².